The van der Waals surface area contributed by atoms with Gasteiger partial charge in [-0.1, -0.05) is 32.9 Å². The van der Waals surface area contributed by atoms with Gasteiger partial charge < -0.3 is 19.2 Å². The zero-order valence-electron chi connectivity index (χ0n) is 19.8. The van der Waals surface area contributed by atoms with E-state index >= 15 is 0 Å². The Morgan fingerprint density at radius 3 is 2.28 bits per heavy atom. The topological polar surface area (TPSA) is 96.4 Å². The molecular formula is C23H34N2O6Si. The van der Waals surface area contributed by atoms with E-state index in [-0.39, 0.29) is 42.9 Å². The van der Waals surface area contributed by atoms with Crippen molar-refractivity contribution < 1.29 is 28.7 Å². The number of imide groups is 1. The SMILES string of the molecule is COc1ccc(CN2C(=O)N(CCO[Si](C)(C)C(C)(C)C)C3(CC(C(=O)O)C3)C2=O)cc1. The fraction of sp³-hybridized carbons (Fsp3) is 0.609. The number of carbonyl (C=O) groups is 3. The van der Waals surface area contributed by atoms with Gasteiger partial charge in [-0.25, -0.2) is 4.79 Å². The number of aliphatic carboxylic acids is 1. The van der Waals surface area contributed by atoms with Crippen LogP contribution in [-0.4, -0.2) is 66.9 Å². The molecule has 2 aliphatic rings. The van der Waals surface area contributed by atoms with E-state index in [1.165, 1.54) is 4.90 Å². The molecule has 1 aromatic rings. The number of amides is 3. The van der Waals surface area contributed by atoms with Gasteiger partial charge in [0.2, 0.25) is 0 Å². The number of hydrogen-bond donors (Lipinski definition) is 1. The van der Waals surface area contributed by atoms with E-state index in [2.05, 4.69) is 33.9 Å². The third kappa shape index (κ3) is 4.28. The molecule has 1 aliphatic carbocycles. The molecule has 1 spiro atoms. The molecule has 32 heavy (non-hydrogen) atoms. The maximum absolute atomic E-state index is 13.4. The molecule has 1 aromatic carbocycles. The van der Waals surface area contributed by atoms with Crippen molar-refractivity contribution >= 4 is 26.2 Å². The molecule has 2 fully saturated rings. The van der Waals surface area contributed by atoms with Crippen LogP contribution in [0.3, 0.4) is 0 Å². The Hall–Kier alpha value is -2.39. The standard InChI is InChI=1S/C23H34N2O6Si/c1-22(2,3)32(5,6)31-12-11-25-21(29)24(15-16-7-9-18(30-4)10-8-16)20(28)23(25)13-17(14-23)19(26)27/h7-10,17H,11-15H2,1-6H3,(H,26,27). The van der Waals surface area contributed by atoms with Crippen LogP contribution in [0.4, 0.5) is 4.79 Å². The van der Waals surface area contributed by atoms with Gasteiger partial charge in [0.1, 0.15) is 11.3 Å². The highest BCUT2D eigenvalue weighted by molar-refractivity contribution is 6.74. The summed E-state index contributed by atoms with van der Waals surface area (Å²) >= 11 is 0. The first-order valence-corrected chi connectivity index (χ1v) is 13.9. The Morgan fingerprint density at radius 2 is 1.78 bits per heavy atom. The van der Waals surface area contributed by atoms with Gasteiger partial charge in [0, 0.05) is 6.54 Å². The Morgan fingerprint density at radius 1 is 1.19 bits per heavy atom. The minimum Gasteiger partial charge on any atom is -0.497 e. The molecule has 3 rings (SSSR count). The number of hydrogen-bond acceptors (Lipinski definition) is 5. The molecule has 0 aromatic heterocycles. The van der Waals surface area contributed by atoms with Crippen molar-refractivity contribution in [1.29, 1.82) is 0 Å². The number of benzene rings is 1. The molecular weight excluding hydrogens is 428 g/mol. The van der Waals surface area contributed by atoms with Crippen molar-refractivity contribution in [2.45, 2.75) is 63.8 Å². The van der Waals surface area contributed by atoms with Crippen LogP contribution >= 0.6 is 0 Å². The van der Waals surface area contributed by atoms with Crippen LogP contribution < -0.4 is 4.74 Å². The summed E-state index contributed by atoms with van der Waals surface area (Å²) in [7, 11) is -0.440. The highest BCUT2D eigenvalue weighted by Gasteiger charge is 2.64. The number of urea groups is 1. The maximum atomic E-state index is 13.4. The van der Waals surface area contributed by atoms with Crippen LogP contribution in [0.1, 0.15) is 39.2 Å². The molecule has 0 atom stereocenters. The summed E-state index contributed by atoms with van der Waals surface area (Å²) in [6.45, 7) is 11.4. The second-order valence-electron chi connectivity index (χ2n) is 10.3. The largest absolute Gasteiger partial charge is 0.497 e. The predicted molar refractivity (Wildman–Crippen MR) is 122 cm³/mol. The average molecular weight is 463 g/mol. The maximum Gasteiger partial charge on any atom is 0.328 e. The minimum absolute atomic E-state index is 0.0286. The molecule has 0 bridgehead atoms. The van der Waals surface area contributed by atoms with Gasteiger partial charge in [0.15, 0.2) is 8.32 Å². The van der Waals surface area contributed by atoms with Crippen molar-refractivity contribution in [3.8, 4) is 5.75 Å². The molecule has 3 amide bonds. The first-order chi connectivity index (χ1) is 14.8. The predicted octanol–water partition coefficient (Wildman–Crippen LogP) is 3.71. The van der Waals surface area contributed by atoms with Crippen LogP contribution in [0.15, 0.2) is 24.3 Å². The highest BCUT2D eigenvalue weighted by atomic mass is 28.4. The summed E-state index contributed by atoms with van der Waals surface area (Å²) in [6.07, 6.45) is 0.290. The Bertz CT molecular complexity index is 887. The fourth-order valence-electron chi connectivity index (χ4n) is 4.08. The van der Waals surface area contributed by atoms with Crippen LogP contribution in [0.5, 0.6) is 5.75 Å². The molecule has 8 nitrogen and oxygen atoms in total. The third-order valence-electron chi connectivity index (χ3n) is 7.22. The minimum atomic E-state index is -2.02. The number of carboxylic acids is 1. The summed E-state index contributed by atoms with van der Waals surface area (Å²) in [5.41, 5.74) is -0.278. The Kier molecular flexibility index (Phi) is 6.45. The summed E-state index contributed by atoms with van der Waals surface area (Å²) in [5.74, 6) is -1.17. The smallest absolute Gasteiger partial charge is 0.328 e. The molecule has 1 heterocycles. The third-order valence-corrected chi connectivity index (χ3v) is 11.8. The number of rotatable bonds is 8. The highest BCUT2D eigenvalue weighted by Crippen LogP contribution is 2.48. The Balaban J connectivity index is 1.78. The summed E-state index contributed by atoms with van der Waals surface area (Å²) in [4.78, 5) is 40.9. The van der Waals surface area contributed by atoms with E-state index in [4.69, 9.17) is 9.16 Å². The van der Waals surface area contributed by atoms with Crippen molar-refractivity contribution in [2.24, 2.45) is 5.92 Å². The van der Waals surface area contributed by atoms with Gasteiger partial charge in [-0.05, 0) is 48.7 Å². The van der Waals surface area contributed by atoms with E-state index < -0.39 is 25.7 Å². The molecule has 1 N–H and O–H groups in total. The molecule has 9 heteroatoms. The molecule has 1 saturated heterocycles. The van der Waals surface area contributed by atoms with E-state index in [1.54, 1.807) is 24.1 Å². The average Bonchev–Trinajstić information content (AvgIpc) is 2.88. The van der Waals surface area contributed by atoms with Crippen molar-refractivity contribution in [3.05, 3.63) is 29.8 Å². The van der Waals surface area contributed by atoms with E-state index in [1.807, 2.05) is 12.1 Å². The lowest BCUT2D eigenvalue weighted by molar-refractivity contribution is -0.155. The van der Waals surface area contributed by atoms with E-state index in [0.29, 0.717) is 12.4 Å². The van der Waals surface area contributed by atoms with E-state index in [9.17, 15) is 19.5 Å². The second kappa shape index (κ2) is 8.51. The van der Waals surface area contributed by atoms with Gasteiger partial charge in [-0.2, -0.15) is 0 Å². The lowest BCUT2D eigenvalue weighted by atomic mass is 9.67. The van der Waals surface area contributed by atoms with Crippen molar-refractivity contribution in [1.82, 2.24) is 9.80 Å². The zero-order chi connectivity index (χ0) is 23.9. The van der Waals surface area contributed by atoms with Crippen molar-refractivity contribution in [2.75, 3.05) is 20.3 Å². The molecule has 1 aliphatic heterocycles. The summed E-state index contributed by atoms with van der Waals surface area (Å²) in [5, 5.41) is 9.41. The normalized spacial score (nSPS) is 23.6. The van der Waals surface area contributed by atoms with Gasteiger partial charge in [-0.15, -0.1) is 0 Å². The van der Waals surface area contributed by atoms with Crippen molar-refractivity contribution in [3.63, 3.8) is 0 Å². The number of ether oxygens (including phenoxy) is 1. The lowest BCUT2D eigenvalue weighted by Crippen LogP contribution is -2.61. The second-order valence-corrected chi connectivity index (χ2v) is 15.1. The Labute approximate surface area is 190 Å². The lowest BCUT2D eigenvalue weighted by Gasteiger charge is -2.46. The zero-order valence-corrected chi connectivity index (χ0v) is 20.8. The monoisotopic (exact) mass is 462 g/mol. The molecule has 1 saturated carbocycles. The number of methoxy groups -OCH3 is 1. The van der Waals surface area contributed by atoms with Gasteiger partial charge in [-0.3, -0.25) is 14.5 Å². The number of carboxylic acid groups (broad SMARTS) is 1. The first kappa shape index (κ1) is 24.3. The van der Waals surface area contributed by atoms with Gasteiger partial charge in [0.05, 0.1) is 26.2 Å². The first-order valence-electron chi connectivity index (χ1n) is 11.0. The van der Waals surface area contributed by atoms with E-state index in [0.717, 1.165) is 5.56 Å². The van der Waals surface area contributed by atoms with Crippen LogP contribution in [0.25, 0.3) is 0 Å². The van der Waals surface area contributed by atoms with Crippen LogP contribution in [-0.2, 0) is 20.6 Å². The molecule has 176 valence electrons. The number of carbonyl (C=O) groups excluding carboxylic acids is 2. The summed E-state index contributed by atoms with van der Waals surface area (Å²) < 4.78 is 11.4. The van der Waals surface area contributed by atoms with Gasteiger partial charge in [0.25, 0.3) is 5.91 Å². The quantitative estimate of drug-likeness (QED) is 0.467. The number of nitrogens with zero attached hydrogens (tertiary/aromatic N) is 2. The fourth-order valence-corrected chi connectivity index (χ4v) is 5.11. The van der Waals surface area contributed by atoms with Crippen LogP contribution in [0, 0.1) is 5.92 Å². The van der Waals surface area contributed by atoms with Gasteiger partial charge >= 0.3 is 12.0 Å². The molecule has 0 unspecified atom stereocenters. The molecule has 0 radical (unpaired) electrons. The van der Waals surface area contributed by atoms with Crippen LogP contribution in [0.2, 0.25) is 18.1 Å². The summed E-state index contributed by atoms with van der Waals surface area (Å²) in [6, 6.07) is 6.82.